The van der Waals surface area contributed by atoms with Crippen LogP contribution in [0.25, 0.3) is 6.08 Å². The molecule has 0 aromatic carbocycles. The first kappa shape index (κ1) is 15.2. The second-order valence-electron chi connectivity index (χ2n) is 5.17. The standard InChI is InChI=1S/C15H19N3O3/c1-18-6-2-3-13(18)10-17-15(21)12-7-11(8-16-9-12)4-5-14(19)20/h4-5,7-9,13H,2-3,6,10H2,1H3,(H,17,21)(H,19,20)/b5-4+. The Balaban J connectivity index is 1.95. The predicted octanol–water partition coefficient (Wildman–Crippen LogP) is 1.00. The van der Waals surface area contributed by atoms with Crippen LogP contribution in [0.2, 0.25) is 0 Å². The van der Waals surface area contributed by atoms with Gasteiger partial charge in [-0.3, -0.25) is 9.78 Å². The molecule has 1 amide bonds. The molecular formula is C15H19N3O3. The van der Waals surface area contributed by atoms with Gasteiger partial charge >= 0.3 is 5.97 Å². The number of carbonyl (C=O) groups is 2. The lowest BCUT2D eigenvalue weighted by Crippen LogP contribution is -2.38. The van der Waals surface area contributed by atoms with Gasteiger partial charge in [0, 0.05) is 31.1 Å². The molecule has 2 rings (SSSR count). The van der Waals surface area contributed by atoms with Crippen LogP contribution >= 0.6 is 0 Å². The highest BCUT2D eigenvalue weighted by Gasteiger charge is 2.21. The molecule has 1 aromatic rings. The Labute approximate surface area is 123 Å². The number of hydrogen-bond donors (Lipinski definition) is 2. The van der Waals surface area contributed by atoms with Crippen molar-refractivity contribution < 1.29 is 14.7 Å². The number of amides is 1. The van der Waals surface area contributed by atoms with Crippen molar-refractivity contribution in [1.29, 1.82) is 0 Å². The summed E-state index contributed by atoms with van der Waals surface area (Å²) in [7, 11) is 2.06. The van der Waals surface area contributed by atoms with Crippen molar-refractivity contribution in [3.05, 3.63) is 35.7 Å². The Morgan fingerprint density at radius 2 is 2.33 bits per heavy atom. The van der Waals surface area contributed by atoms with Gasteiger partial charge in [-0.2, -0.15) is 0 Å². The lowest BCUT2D eigenvalue weighted by atomic mass is 10.1. The first-order valence-corrected chi connectivity index (χ1v) is 6.91. The van der Waals surface area contributed by atoms with E-state index >= 15 is 0 Å². The smallest absolute Gasteiger partial charge is 0.328 e. The predicted molar refractivity (Wildman–Crippen MR) is 78.9 cm³/mol. The summed E-state index contributed by atoms with van der Waals surface area (Å²) in [5.74, 6) is -1.22. The average Bonchev–Trinajstić information content (AvgIpc) is 2.88. The summed E-state index contributed by atoms with van der Waals surface area (Å²) < 4.78 is 0. The largest absolute Gasteiger partial charge is 0.478 e. The molecule has 112 valence electrons. The Morgan fingerprint density at radius 1 is 1.52 bits per heavy atom. The summed E-state index contributed by atoms with van der Waals surface area (Å²) in [5, 5.41) is 11.5. The number of hydrogen-bond acceptors (Lipinski definition) is 4. The third-order valence-corrected chi connectivity index (χ3v) is 3.61. The van der Waals surface area contributed by atoms with Crippen LogP contribution in [0.5, 0.6) is 0 Å². The van der Waals surface area contributed by atoms with Crippen LogP contribution in [-0.2, 0) is 4.79 Å². The van der Waals surface area contributed by atoms with E-state index in [1.165, 1.54) is 18.5 Å². The minimum absolute atomic E-state index is 0.187. The van der Waals surface area contributed by atoms with Crippen molar-refractivity contribution in [2.75, 3.05) is 20.1 Å². The average molecular weight is 289 g/mol. The Hall–Kier alpha value is -2.21. The Bertz CT molecular complexity index is 557. The fourth-order valence-corrected chi connectivity index (χ4v) is 2.39. The number of carboxylic acid groups (broad SMARTS) is 1. The third kappa shape index (κ3) is 4.39. The van der Waals surface area contributed by atoms with Crippen molar-refractivity contribution in [2.45, 2.75) is 18.9 Å². The molecule has 2 N–H and O–H groups in total. The highest BCUT2D eigenvalue weighted by atomic mass is 16.4. The molecule has 1 aliphatic heterocycles. The van der Waals surface area contributed by atoms with Crippen LogP contribution in [-0.4, -0.2) is 53.0 Å². The van der Waals surface area contributed by atoms with Crippen LogP contribution in [0.15, 0.2) is 24.5 Å². The fraction of sp³-hybridized carbons (Fsp3) is 0.400. The number of pyridine rings is 1. The van der Waals surface area contributed by atoms with Crippen molar-refractivity contribution in [3.63, 3.8) is 0 Å². The molecule has 0 saturated carbocycles. The first-order valence-electron chi connectivity index (χ1n) is 6.91. The van der Waals surface area contributed by atoms with E-state index in [2.05, 4.69) is 22.2 Å². The summed E-state index contributed by atoms with van der Waals surface area (Å²) in [5.41, 5.74) is 1.02. The number of aromatic nitrogens is 1. The lowest BCUT2D eigenvalue weighted by Gasteiger charge is -2.19. The number of nitrogens with one attached hydrogen (secondary N) is 1. The van der Waals surface area contributed by atoms with E-state index in [4.69, 9.17) is 5.11 Å². The SMILES string of the molecule is CN1CCCC1CNC(=O)c1cncc(/C=C/C(=O)O)c1. The maximum atomic E-state index is 12.1. The molecule has 0 spiro atoms. The quantitative estimate of drug-likeness (QED) is 0.790. The van der Waals surface area contributed by atoms with E-state index in [1.807, 2.05) is 0 Å². The second kappa shape index (κ2) is 6.99. The van der Waals surface area contributed by atoms with Crippen LogP contribution in [0.3, 0.4) is 0 Å². The minimum atomic E-state index is -1.03. The molecule has 0 bridgehead atoms. The number of likely N-dealkylation sites (N-methyl/N-ethyl adjacent to an activating group) is 1. The van der Waals surface area contributed by atoms with E-state index in [0.29, 0.717) is 23.7 Å². The van der Waals surface area contributed by atoms with Gasteiger partial charge in [0.1, 0.15) is 0 Å². The lowest BCUT2D eigenvalue weighted by molar-refractivity contribution is -0.131. The van der Waals surface area contributed by atoms with Gasteiger partial charge in [0.25, 0.3) is 5.91 Å². The van der Waals surface area contributed by atoms with Gasteiger partial charge in [0.05, 0.1) is 5.56 Å². The summed E-state index contributed by atoms with van der Waals surface area (Å²) in [6.45, 7) is 1.68. The summed E-state index contributed by atoms with van der Waals surface area (Å²) in [6, 6.07) is 2.01. The van der Waals surface area contributed by atoms with Crippen molar-refractivity contribution in [1.82, 2.24) is 15.2 Å². The van der Waals surface area contributed by atoms with E-state index in [-0.39, 0.29) is 5.91 Å². The number of nitrogens with zero attached hydrogens (tertiary/aromatic N) is 2. The van der Waals surface area contributed by atoms with Crippen LogP contribution < -0.4 is 5.32 Å². The molecule has 6 heteroatoms. The van der Waals surface area contributed by atoms with Crippen LogP contribution in [0, 0.1) is 0 Å². The molecule has 1 saturated heterocycles. The van der Waals surface area contributed by atoms with Gasteiger partial charge in [-0.15, -0.1) is 0 Å². The molecule has 0 radical (unpaired) electrons. The zero-order valence-electron chi connectivity index (χ0n) is 12.0. The van der Waals surface area contributed by atoms with Gasteiger partial charge in [0.15, 0.2) is 0 Å². The molecule has 1 fully saturated rings. The van der Waals surface area contributed by atoms with Crippen molar-refractivity contribution in [3.8, 4) is 0 Å². The van der Waals surface area contributed by atoms with Crippen LogP contribution in [0.1, 0.15) is 28.8 Å². The third-order valence-electron chi connectivity index (χ3n) is 3.61. The molecule has 1 atom stereocenters. The maximum absolute atomic E-state index is 12.1. The monoisotopic (exact) mass is 289 g/mol. The second-order valence-corrected chi connectivity index (χ2v) is 5.17. The molecule has 21 heavy (non-hydrogen) atoms. The summed E-state index contributed by atoms with van der Waals surface area (Å²) in [6.07, 6.45) is 7.68. The number of likely N-dealkylation sites (tertiary alicyclic amines) is 1. The highest BCUT2D eigenvalue weighted by molar-refractivity contribution is 5.94. The highest BCUT2D eigenvalue weighted by Crippen LogP contribution is 2.13. The fourth-order valence-electron chi connectivity index (χ4n) is 2.39. The molecule has 2 heterocycles. The number of carbonyl (C=O) groups excluding carboxylic acids is 1. The molecule has 1 aliphatic rings. The van der Waals surface area contributed by atoms with Gasteiger partial charge in [-0.1, -0.05) is 0 Å². The van der Waals surface area contributed by atoms with E-state index < -0.39 is 5.97 Å². The van der Waals surface area contributed by atoms with E-state index in [0.717, 1.165) is 25.5 Å². The van der Waals surface area contributed by atoms with E-state index in [9.17, 15) is 9.59 Å². The zero-order valence-corrected chi connectivity index (χ0v) is 12.0. The molecule has 1 unspecified atom stereocenters. The van der Waals surface area contributed by atoms with Gasteiger partial charge in [-0.25, -0.2) is 4.79 Å². The Kier molecular flexibility index (Phi) is 5.05. The normalized spacial score (nSPS) is 19.0. The minimum Gasteiger partial charge on any atom is -0.478 e. The molecule has 1 aromatic heterocycles. The summed E-state index contributed by atoms with van der Waals surface area (Å²) >= 11 is 0. The van der Waals surface area contributed by atoms with Gasteiger partial charge < -0.3 is 15.3 Å². The summed E-state index contributed by atoms with van der Waals surface area (Å²) in [4.78, 5) is 28.8. The first-order chi connectivity index (χ1) is 10.1. The Morgan fingerprint density at radius 3 is 3.00 bits per heavy atom. The molecule has 0 aliphatic carbocycles. The zero-order chi connectivity index (χ0) is 15.2. The van der Waals surface area contributed by atoms with E-state index in [1.54, 1.807) is 6.07 Å². The van der Waals surface area contributed by atoms with Gasteiger partial charge in [-0.05, 0) is 44.1 Å². The number of rotatable bonds is 5. The van der Waals surface area contributed by atoms with Crippen molar-refractivity contribution in [2.24, 2.45) is 0 Å². The number of aliphatic carboxylic acids is 1. The van der Waals surface area contributed by atoms with Gasteiger partial charge in [0.2, 0.25) is 0 Å². The van der Waals surface area contributed by atoms with Crippen LogP contribution in [0.4, 0.5) is 0 Å². The molecule has 6 nitrogen and oxygen atoms in total. The number of carboxylic acids is 1. The van der Waals surface area contributed by atoms with Crippen molar-refractivity contribution >= 4 is 18.0 Å². The molecular weight excluding hydrogens is 270 g/mol. The maximum Gasteiger partial charge on any atom is 0.328 e. The topological polar surface area (TPSA) is 82.5 Å².